The van der Waals surface area contributed by atoms with Gasteiger partial charge in [-0.3, -0.25) is 4.79 Å². The number of carbonyl (C=O) groups is 2. The maximum absolute atomic E-state index is 12.7. The Morgan fingerprint density at radius 3 is 2.68 bits per heavy atom. The van der Waals surface area contributed by atoms with E-state index in [9.17, 15) is 14.9 Å². The van der Waals surface area contributed by atoms with Crippen LogP contribution in [-0.4, -0.2) is 33.4 Å². The van der Waals surface area contributed by atoms with Crippen LogP contribution in [0.2, 0.25) is 0 Å². The van der Waals surface area contributed by atoms with E-state index in [0.717, 1.165) is 5.69 Å². The van der Waals surface area contributed by atoms with Gasteiger partial charge in [-0.1, -0.05) is 35.5 Å². The number of aromatic nitrogens is 3. The van der Waals surface area contributed by atoms with Crippen LogP contribution in [0.4, 0.5) is 5.82 Å². The van der Waals surface area contributed by atoms with E-state index in [1.165, 1.54) is 22.6 Å². The largest absolute Gasteiger partial charge is 0.452 e. The predicted molar refractivity (Wildman–Crippen MR) is 124 cm³/mol. The molecule has 170 valence electrons. The Balaban J connectivity index is 1.40. The van der Waals surface area contributed by atoms with Crippen molar-refractivity contribution in [1.29, 1.82) is 5.26 Å². The van der Waals surface area contributed by atoms with Gasteiger partial charge in [0.05, 0.1) is 28.9 Å². The lowest BCUT2D eigenvalue weighted by molar-refractivity contribution is -0.119. The molecule has 2 aromatic heterocycles. The lowest BCUT2D eigenvalue weighted by Crippen LogP contribution is -2.23. The number of carbonyl (C=O) groups excluding carboxylic acids is 2. The van der Waals surface area contributed by atoms with Gasteiger partial charge in [-0.2, -0.15) is 10.4 Å². The average molecular weight is 474 g/mol. The third kappa shape index (κ3) is 5.33. The number of anilines is 1. The van der Waals surface area contributed by atoms with Crippen LogP contribution >= 0.6 is 11.8 Å². The predicted octanol–water partition coefficient (Wildman–Crippen LogP) is 4.13. The number of aryl methyl sites for hydroxylation is 1. The minimum Gasteiger partial charge on any atom is -0.452 e. The van der Waals surface area contributed by atoms with Crippen molar-refractivity contribution < 1.29 is 18.8 Å². The van der Waals surface area contributed by atoms with Gasteiger partial charge in [-0.25, -0.2) is 9.48 Å². The highest BCUT2D eigenvalue weighted by Gasteiger charge is 2.18. The molecule has 0 fully saturated rings. The second kappa shape index (κ2) is 10.5. The first-order chi connectivity index (χ1) is 16.5. The van der Waals surface area contributed by atoms with Gasteiger partial charge in [-0.15, -0.1) is 11.8 Å². The van der Waals surface area contributed by atoms with Gasteiger partial charge in [0, 0.05) is 11.0 Å². The maximum Gasteiger partial charge on any atom is 0.339 e. The highest BCUT2D eigenvalue weighted by atomic mass is 32.2. The van der Waals surface area contributed by atoms with Gasteiger partial charge in [-0.05, 0) is 31.2 Å². The fourth-order valence-electron chi connectivity index (χ4n) is 3.09. The Bertz CT molecular complexity index is 1360. The van der Waals surface area contributed by atoms with E-state index in [-0.39, 0.29) is 11.4 Å². The van der Waals surface area contributed by atoms with E-state index >= 15 is 0 Å². The minimum atomic E-state index is -0.635. The van der Waals surface area contributed by atoms with E-state index in [0.29, 0.717) is 27.7 Å². The van der Waals surface area contributed by atoms with Crippen molar-refractivity contribution in [3.8, 4) is 11.8 Å². The topological polar surface area (TPSA) is 123 Å². The zero-order valence-corrected chi connectivity index (χ0v) is 18.9. The Morgan fingerprint density at radius 1 is 1.18 bits per heavy atom. The molecular formula is C24H19N5O4S. The Hall–Kier alpha value is -4.36. The van der Waals surface area contributed by atoms with Crippen molar-refractivity contribution in [2.75, 3.05) is 11.9 Å². The SMILES string of the molecule is Cc1cc(CSc2ccccc2C(=O)OCC(=O)Nc2c(C#N)cnn2-c2ccccc2)on1. The van der Waals surface area contributed by atoms with Gasteiger partial charge >= 0.3 is 5.97 Å². The van der Waals surface area contributed by atoms with Crippen molar-refractivity contribution in [3.05, 3.63) is 89.4 Å². The molecule has 10 heteroatoms. The zero-order valence-electron chi connectivity index (χ0n) is 18.1. The zero-order chi connectivity index (χ0) is 23.9. The molecule has 0 spiro atoms. The van der Waals surface area contributed by atoms with Crippen LogP contribution in [0.25, 0.3) is 5.69 Å². The summed E-state index contributed by atoms with van der Waals surface area (Å²) in [5.74, 6) is 0.154. The van der Waals surface area contributed by atoms with Crippen molar-refractivity contribution in [2.24, 2.45) is 0 Å². The summed E-state index contributed by atoms with van der Waals surface area (Å²) in [5.41, 5.74) is 1.98. The minimum absolute atomic E-state index is 0.188. The van der Waals surface area contributed by atoms with E-state index < -0.39 is 18.5 Å². The molecule has 2 heterocycles. The average Bonchev–Trinajstić information content (AvgIpc) is 3.47. The Labute approximate surface area is 199 Å². The van der Waals surface area contributed by atoms with Gasteiger partial charge in [0.2, 0.25) is 0 Å². The van der Waals surface area contributed by atoms with Gasteiger partial charge < -0.3 is 14.6 Å². The summed E-state index contributed by atoms with van der Waals surface area (Å²) in [6, 6.07) is 19.8. The van der Waals surface area contributed by atoms with Crippen LogP contribution < -0.4 is 5.32 Å². The molecule has 9 nitrogen and oxygen atoms in total. The number of hydrogen-bond acceptors (Lipinski definition) is 8. The molecule has 0 radical (unpaired) electrons. The van der Waals surface area contributed by atoms with E-state index in [4.69, 9.17) is 9.26 Å². The number of para-hydroxylation sites is 1. The standard InChI is InChI=1S/C24H19N5O4S/c1-16-11-19(33-28-16)15-34-21-10-6-5-9-20(21)24(31)32-14-22(30)27-23-17(12-25)13-26-29(23)18-7-3-2-4-8-18/h2-11,13H,14-15H2,1H3,(H,27,30). The smallest absolute Gasteiger partial charge is 0.339 e. The normalized spacial score (nSPS) is 10.5. The van der Waals surface area contributed by atoms with Crippen LogP contribution in [0.3, 0.4) is 0 Å². The molecule has 2 aromatic carbocycles. The van der Waals surface area contributed by atoms with Crippen molar-refractivity contribution in [2.45, 2.75) is 17.6 Å². The second-order valence-corrected chi connectivity index (χ2v) is 8.13. The monoisotopic (exact) mass is 473 g/mol. The molecular weight excluding hydrogens is 454 g/mol. The molecule has 1 N–H and O–H groups in total. The second-order valence-electron chi connectivity index (χ2n) is 7.11. The molecule has 1 amide bonds. The van der Waals surface area contributed by atoms with Crippen LogP contribution in [-0.2, 0) is 15.3 Å². The molecule has 0 aliphatic heterocycles. The first kappa shape index (κ1) is 22.8. The van der Waals surface area contributed by atoms with Crippen molar-refractivity contribution in [1.82, 2.24) is 14.9 Å². The lowest BCUT2D eigenvalue weighted by atomic mass is 10.2. The number of amides is 1. The van der Waals surface area contributed by atoms with Crippen LogP contribution in [0.1, 0.15) is 27.4 Å². The van der Waals surface area contributed by atoms with Gasteiger partial charge in [0.15, 0.2) is 12.4 Å². The highest BCUT2D eigenvalue weighted by Crippen LogP contribution is 2.27. The third-order valence-electron chi connectivity index (χ3n) is 4.64. The summed E-state index contributed by atoms with van der Waals surface area (Å²) in [4.78, 5) is 25.9. The van der Waals surface area contributed by atoms with E-state index in [1.807, 2.05) is 43.3 Å². The fraction of sp³-hybridized carbons (Fsp3) is 0.125. The number of nitrogens with one attached hydrogen (secondary N) is 1. The molecule has 0 saturated carbocycles. The van der Waals surface area contributed by atoms with Crippen LogP contribution in [0.15, 0.2) is 76.3 Å². The molecule has 0 aliphatic carbocycles. The molecule has 4 rings (SSSR count). The number of nitrogens with zero attached hydrogens (tertiary/aromatic N) is 4. The van der Waals surface area contributed by atoms with E-state index in [2.05, 4.69) is 15.6 Å². The molecule has 0 saturated heterocycles. The highest BCUT2D eigenvalue weighted by molar-refractivity contribution is 7.98. The summed E-state index contributed by atoms with van der Waals surface area (Å²) in [5, 5.41) is 20.0. The molecule has 0 unspecified atom stereocenters. The lowest BCUT2D eigenvalue weighted by Gasteiger charge is -2.11. The van der Waals surface area contributed by atoms with Gasteiger partial charge in [0.25, 0.3) is 5.91 Å². The molecule has 0 bridgehead atoms. The number of esters is 1. The number of nitriles is 1. The first-order valence-electron chi connectivity index (χ1n) is 10.2. The summed E-state index contributed by atoms with van der Waals surface area (Å²) >= 11 is 1.40. The number of ether oxygens (including phenoxy) is 1. The third-order valence-corrected chi connectivity index (χ3v) is 5.73. The quantitative estimate of drug-likeness (QED) is 0.299. The fourth-order valence-corrected chi connectivity index (χ4v) is 4.00. The molecule has 4 aromatic rings. The summed E-state index contributed by atoms with van der Waals surface area (Å²) < 4.78 is 11.9. The number of thioether (sulfide) groups is 1. The van der Waals surface area contributed by atoms with E-state index in [1.54, 1.807) is 30.3 Å². The maximum atomic E-state index is 12.7. The number of rotatable bonds is 8. The molecule has 0 aliphatic rings. The summed E-state index contributed by atoms with van der Waals surface area (Å²) in [7, 11) is 0. The summed E-state index contributed by atoms with van der Waals surface area (Å²) in [6.07, 6.45) is 1.36. The Kier molecular flexibility index (Phi) is 7.05. The summed E-state index contributed by atoms with van der Waals surface area (Å²) in [6.45, 7) is 1.31. The number of hydrogen-bond donors (Lipinski definition) is 1. The van der Waals surface area contributed by atoms with Crippen molar-refractivity contribution in [3.63, 3.8) is 0 Å². The van der Waals surface area contributed by atoms with Crippen molar-refractivity contribution >= 4 is 29.5 Å². The van der Waals surface area contributed by atoms with Crippen LogP contribution in [0.5, 0.6) is 0 Å². The van der Waals surface area contributed by atoms with Crippen LogP contribution in [0, 0.1) is 18.3 Å². The Morgan fingerprint density at radius 2 is 1.94 bits per heavy atom. The van der Waals surface area contributed by atoms with Gasteiger partial charge in [0.1, 0.15) is 17.4 Å². The molecule has 0 atom stereocenters. The number of benzene rings is 2. The first-order valence-corrected chi connectivity index (χ1v) is 11.2. The molecule has 34 heavy (non-hydrogen) atoms.